The molecule has 114 valence electrons. The fraction of sp³-hybridized carbons (Fsp3) is 0.600. The predicted molar refractivity (Wildman–Crippen MR) is 83.4 cm³/mol. The highest BCUT2D eigenvalue weighted by Gasteiger charge is 2.24. The van der Waals surface area contributed by atoms with Crippen molar-refractivity contribution in [3.63, 3.8) is 0 Å². The van der Waals surface area contributed by atoms with Crippen LogP contribution in [0.5, 0.6) is 0 Å². The van der Waals surface area contributed by atoms with Crippen LogP contribution in [0, 0.1) is 0 Å². The van der Waals surface area contributed by atoms with Crippen LogP contribution in [0.25, 0.3) is 0 Å². The summed E-state index contributed by atoms with van der Waals surface area (Å²) in [6.07, 6.45) is 1.71. The Hall–Kier alpha value is -0.910. The standard InChI is InChI=1S/C15H26N2O2S/c1-5-13(3)17(4)20(18,19)15-9-7-14(8-10-15)11-12-16-6-2/h7-10,13,16H,5-6,11-12H2,1-4H3. The van der Waals surface area contributed by atoms with Crippen molar-refractivity contribution in [1.29, 1.82) is 0 Å². The molecule has 0 heterocycles. The van der Waals surface area contributed by atoms with Gasteiger partial charge >= 0.3 is 0 Å². The van der Waals surface area contributed by atoms with Crippen LogP contribution in [0.2, 0.25) is 0 Å². The maximum absolute atomic E-state index is 12.4. The second kappa shape index (κ2) is 7.76. The zero-order valence-electron chi connectivity index (χ0n) is 12.9. The molecule has 0 aliphatic carbocycles. The summed E-state index contributed by atoms with van der Waals surface area (Å²) in [5.41, 5.74) is 1.15. The van der Waals surface area contributed by atoms with Crippen molar-refractivity contribution in [2.45, 2.75) is 44.6 Å². The minimum Gasteiger partial charge on any atom is -0.317 e. The van der Waals surface area contributed by atoms with Crippen LogP contribution in [0.1, 0.15) is 32.8 Å². The molecule has 20 heavy (non-hydrogen) atoms. The Morgan fingerprint density at radius 2 is 1.80 bits per heavy atom. The van der Waals surface area contributed by atoms with E-state index >= 15 is 0 Å². The Balaban J connectivity index is 2.81. The van der Waals surface area contributed by atoms with E-state index < -0.39 is 10.0 Å². The molecule has 0 aliphatic rings. The van der Waals surface area contributed by atoms with E-state index in [1.807, 2.05) is 26.0 Å². The summed E-state index contributed by atoms with van der Waals surface area (Å²) in [5.74, 6) is 0. The van der Waals surface area contributed by atoms with Crippen molar-refractivity contribution in [2.24, 2.45) is 0 Å². The van der Waals surface area contributed by atoms with Gasteiger partial charge in [0.25, 0.3) is 0 Å². The molecule has 1 N–H and O–H groups in total. The average Bonchev–Trinajstić information content (AvgIpc) is 2.46. The predicted octanol–water partition coefficient (Wildman–Crippen LogP) is 2.26. The highest BCUT2D eigenvalue weighted by Crippen LogP contribution is 2.18. The molecule has 1 unspecified atom stereocenters. The number of nitrogens with zero attached hydrogens (tertiary/aromatic N) is 1. The van der Waals surface area contributed by atoms with Gasteiger partial charge in [-0.15, -0.1) is 0 Å². The molecule has 1 aromatic carbocycles. The first-order chi connectivity index (χ1) is 9.43. The fourth-order valence-corrected chi connectivity index (χ4v) is 3.33. The highest BCUT2D eigenvalue weighted by molar-refractivity contribution is 7.89. The summed E-state index contributed by atoms with van der Waals surface area (Å²) in [5, 5.41) is 3.26. The first-order valence-corrected chi connectivity index (χ1v) is 8.65. The zero-order chi connectivity index (χ0) is 15.2. The highest BCUT2D eigenvalue weighted by atomic mass is 32.2. The van der Waals surface area contributed by atoms with Crippen molar-refractivity contribution in [3.8, 4) is 0 Å². The van der Waals surface area contributed by atoms with Gasteiger partial charge in [0.2, 0.25) is 10.0 Å². The molecule has 1 aromatic rings. The zero-order valence-corrected chi connectivity index (χ0v) is 13.7. The van der Waals surface area contributed by atoms with Crippen molar-refractivity contribution in [3.05, 3.63) is 29.8 Å². The van der Waals surface area contributed by atoms with E-state index in [-0.39, 0.29) is 6.04 Å². The maximum Gasteiger partial charge on any atom is 0.243 e. The second-order valence-electron chi connectivity index (χ2n) is 5.03. The minimum atomic E-state index is -3.37. The number of hydrogen-bond donors (Lipinski definition) is 1. The van der Waals surface area contributed by atoms with E-state index in [2.05, 4.69) is 12.2 Å². The number of likely N-dealkylation sites (N-methyl/N-ethyl adjacent to an activating group) is 1. The summed E-state index contributed by atoms with van der Waals surface area (Å²) >= 11 is 0. The lowest BCUT2D eigenvalue weighted by atomic mass is 10.1. The Morgan fingerprint density at radius 1 is 1.20 bits per heavy atom. The number of nitrogens with one attached hydrogen (secondary N) is 1. The van der Waals surface area contributed by atoms with Gasteiger partial charge in [0.15, 0.2) is 0 Å². The monoisotopic (exact) mass is 298 g/mol. The molecule has 0 amide bonds. The van der Waals surface area contributed by atoms with Gasteiger partial charge in [0.1, 0.15) is 0 Å². The fourth-order valence-electron chi connectivity index (χ4n) is 1.90. The van der Waals surface area contributed by atoms with Crippen molar-refractivity contribution >= 4 is 10.0 Å². The van der Waals surface area contributed by atoms with Crippen molar-refractivity contribution < 1.29 is 8.42 Å². The number of rotatable bonds is 8. The number of sulfonamides is 1. The lowest BCUT2D eigenvalue weighted by Gasteiger charge is -2.23. The van der Waals surface area contributed by atoms with Crippen LogP contribution in [0.3, 0.4) is 0 Å². The molecule has 0 saturated heterocycles. The van der Waals surface area contributed by atoms with Crippen LogP contribution in [-0.4, -0.2) is 38.9 Å². The summed E-state index contributed by atoms with van der Waals surface area (Å²) in [7, 11) is -1.73. The molecule has 0 spiro atoms. The first kappa shape index (κ1) is 17.1. The Morgan fingerprint density at radius 3 is 2.30 bits per heavy atom. The normalized spacial score (nSPS) is 13.7. The van der Waals surface area contributed by atoms with Crippen LogP contribution < -0.4 is 5.32 Å². The van der Waals surface area contributed by atoms with Gasteiger partial charge in [-0.05, 0) is 50.6 Å². The summed E-state index contributed by atoms with van der Waals surface area (Å²) in [6.45, 7) is 7.84. The topological polar surface area (TPSA) is 49.4 Å². The van der Waals surface area contributed by atoms with Crippen LogP contribution in [0.4, 0.5) is 0 Å². The molecule has 1 rings (SSSR count). The van der Waals surface area contributed by atoms with Crippen LogP contribution in [0.15, 0.2) is 29.2 Å². The molecular formula is C15H26N2O2S. The second-order valence-corrected chi connectivity index (χ2v) is 7.02. The van der Waals surface area contributed by atoms with E-state index in [1.54, 1.807) is 19.2 Å². The molecule has 0 aliphatic heterocycles. The maximum atomic E-state index is 12.4. The summed E-state index contributed by atoms with van der Waals surface area (Å²) < 4.78 is 26.3. The van der Waals surface area contributed by atoms with E-state index in [4.69, 9.17) is 0 Å². The van der Waals surface area contributed by atoms with Gasteiger partial charge in [0, 0.05) is 13.1 Å². The molecule has 0 radical (unpaired) electrons. The summed E-state index contributed by atoms with van der Waals surface area (Å²) in [4.78, 5) is 0.368. The number of benzene rings is 1. The van der Waals surface area contributed by atoms with Gasteiger partial charge in [-0.1, -0.05) is 26.0 Å². The van der Waals surface area contributed by atoms with Crippen LogP contribution >= 0.6 is 0 Å². The van der Waals surface area contributed by atoms with Crippen molar-refractivity contribution in [1.82, 2.24) is 9.62 Å². The Kier molecular flexibility index (Phi) is 6.65. The molecule has 0 aromatic heterocycles. The van der Waals surface area contributed by atoms with Crippen LogP contribution in [-0.2, 0) is 16.4 Å². The Labute approximate surface area is 123 Å². The van der Waals surface area contributed by atoms with Gasteiger partial charge in [-0.25, -0.2) is 8.42 Å². The molecule has 0 saturated carbocycles. The lowest BCUT2D eigenvalue weighted by molar-refractivity contribution is 0.380. The Bertz CT molecular complexity index is 497. The molecule has 0 bridgehead atoms. The third-order valence-electron chi connectivity index (χ3n) is 3.65. The van der Waals surface area contributed by atoms with E-state index in [9.17, 15) is 8.42 Å². The lowest BCUT2D eigenvalue weighted by Crippen LogP contribution is -2.34. The number of hydrogen-bond acceptors (Lipinski definition) is 3. The molecule has 1 atom stereocenters. The van der Waals surface area contributed by atoms with E-state index in [0.29, 0.717) is 4.90 Å². The molecule has 0 fully saturated rings. The third kappa shape index (κ3) is 4.30. The average molecular weight is 298 g/mol. The van der Waals surface area contributed by atoms with Gasteiger partial charge in [0.05, 0.1) is 4.90 Å². The van der Waals surface area contributed by atoms with Gasteiger partial charge in [-0.2, -0.15) is 4.31 Å². The first-order valence-electron chi connectivity index (χ1n) is 7.21. The van der Waals surface area contributed by atoms with Gasteiger partial charge in [-0.3, -0.25) is 0 Å². The van der Waals surface area contributed by atoms with E-state index in [1.165, 1.54) is 4.31 Å². The third-order valence-corrected chi connectivity index (χ3v) is 5.64. The van der Waals surface area contributed by atoms with Crippen molar-refractivity contribution in [2.75, 3.05) is 20.1 Å². The molecule has 5 heteroatoms. The quantitative estimate of drug-likeness (QED) is 0.749. The van der Waals surface area contributed by atoms with E-state index in [0.717, 1.165) is 31.5 Å². The summed E-state index contributed by atoms with van der Waals surface area (Å²) in [6, 6.07) is 7.21. The SMILES string of the molecule is CCNCCc1ccc(S(=O)(=O)N(C)C(C)CC)cc1. The van der Waals surface area contributed by atoms with Gasteiger partial charge < -0.3 is 5.32 Å². The molecular weight excluding hydrogens is 272 g/mol. The minimum absolute atomic E-state index is 0.00781. The largest absolute Gasteiger partial charge is 0.317 e. The molecule has 4 nitrogen and oxygen atoms in total. The smallest absolute Gasteiger partial charge is 0.243 e.